The number of esters is 1. The van der Waals surface area contributed by atoms with Gasteiger partial charge in [-0.3, -0.25) is 9.59 Å². The quantitative estimate of drug-likeness (QED) is 0.673. The molecule has 6 nitrogen and oxygen atoms in total. The van der Waals surface area contributed by atoms with Crippen molar-refractivity contribution in [1.82, 2.24) is 4.90 Å². The summed E-state index contributed by atoms with van der Waals surface area (Å²) in [6.07, 6.45) is 0.782. The Morgan fingerprint density at radius 1 is 1.29 bits per heavy atom. The molecule has 0 bridgehead atoms. The minimum atomic E-state index is -3.44. The standard InChI is InChI=1S/C16H21NO5S2/c1-22-16(19)12-23-13-7-9-17(11-13)15(18)8-10-24(20,21)14-5-3-2-4-6-14/h2-6,13H,7-12H2,1H3/t13-/m0/s1. The number of carbonyl (C=O) groups is 2. The van der Waals surface area contributed by atoms with Crippen LogP contribution in [0.2, 0.25) is 0 Å². The van der Waals surface area contributed by atoms with E-state index in [9.17, 15) is 18.0 Å². The fourth-order valence-corrected chi connectivity index (χ4v) is 4.76. The highest BCUT2D eigenvalue weighted by Gasteiger charge is 2.28. The van der Waals surface area contributed by atoms with E-state index in [0.29, 0.717) is 13.1 Å². The maximum absolute atomic E-state index is 12.2. The molecule has 0 spiro atoms. The van der Waals surface area contributed by atoms with Crippen molar-refractivity contribution in [3.05, 3.63) is 30.3 Å². The number of methoxy groups -OCH3 is 1. The van der Waals surface area contributed by atoms with Gasteiger partial charge in [0.2, 0.25) is 5.91 Å². The second kappa shape index (κ2) is 8.53. The summed E-state index contributed by atoms with van der Waals surface area (Å²) in [4.78, 5) is 25.3. The number of hydrogen-bond acceptors (Lipinski definition) is 6. The van der Waals surface area contributed by atoms with E-state index in [1.807, 2.05) is 0 Å². The van der Waals surface area contributed by atoms with E-state index in [0.717, 1.165) is 6.42 Å². The van der Waals surface area contributed by atoms with Crippen molar-refractivity contribution in [3.63, 3.8) is 0 Å². The zero-order valence-corrected chi connectivity index (χ0v) is 15.1. The van der Waals surface area contributed by atoms with Gasteiger partial charge in [-0.05, 0) is 18.6 Å². The van der Waals surface area contributed by atoms with Crippen LogP contribution >= 0.6 is 11.8 Å². The molecule has 1 atom stereocenters. The van der Waals surface area contributed by atoms with Crippen LogP contribution in [-0.4, -0.2) is 62.1 Å². The number of nitrogens with zero attached hydrogens (tertiary/aromatic N) is 1. The van der Waals surface area contributed by atoms with Gasteiger partial charge in [-0.25, -0.2) is 8.42 Å². The number of sulfone groups is 1. The van der Waals surface area contributed by atoms with Crippen LogP contribution in [0.25, 0.3) is 0 Å². The van der Waals surface area contributed by atoms with Gasteiger partial charge in [-0.1, -0.05) is 18.2 Å². The summed E-state index contributed by atoms with van der Waals surface area (Å²) < 4.78 is 29.0. The third-order valence-corrected chi connectivity index (χ3v) is 6.84. The second-order valence-electron chi connectivity index (χ2n) is 5.52. The fourth-order valence-electron chi connectivity index (χ4n) is 2.46. The Bertz CT molecular complexity index is 675. The molecule has 0 aromatic heterocycles. The minimum absolute atomic E-state index is 0.0222. The third-order valence-electron chi connectivity index (χ3n) is 3.85. The first kappa shape index (κ1) is 18.8. The molecule has 0 aliphatic carbocycles. The van der Waals surface area contributed by atoms with Gasteiger partial charge in [-0.2, -0.15) is 0 Å². The molecule has 2 rings (SSSR count). The summed E-state index contributed by atoms with van der Waals surface area (Å²) in [7, 11) is -2.09. The highest BCUT2D eigenvalue weighted by atomic mass is 32.2. The molecule has 1 amide bonds. The van der Waals surface area contributed by atoms with Crippen LogP contribution in [0, 0.1) is 0 Å². The molecule has 0 radical (unpaired) electrons. The van der Waals surface area contributed by atoms with Gasteiger partial charge in [0.05, 0.1) is 23.5 Å². The summed E-state index contributed by atoms with van der Waals surface area (Å²) >= 11 is 1.47. The monoisotopic (exact) mass is 371 g/mol. The largest absolute Gasteiger partial charge is 0.468 e. The molecule has 8 heteroatoms. The average molecular weight is 371 g/mol. The molecule has 1 aromatic carbocycles. The van der Waals surface area contributed by atoms with E-state index >= 15 is 0 Å². The van der Waals surface area contributed by atoms with Gasteiger partial charge >= 0.3 is 5.97 Å². The number of benzene rings is 1. The molecule has 0 N–H and O–H groups in total. The normalized spacial score (nSPS) is 17.7. The Labute approximate surface area is 146 Å². The molecular weight excluding hydrogens is 350 g/mol. The molecular formula is C16H21NO5S2. The molecule has 1 saturated heterocycles. The van der Waals surface area contributed by atoms with Crippen molar-refractivity contribution in [1.29, 1.82) is 0 Å². The molecule has 1 aliphatic heterocycles. The van der Waals surface area contributed by atoms with Crippen LogP contribution in [-0.2, 0) is 24.2 Å². The summed E-state index contributed by atoms with van der Waals surface area (Å²) in [5.74, 6) is -0.354. The van der Waals surface area contributed by atoms with E-state index in [-0.39, 0.29) is 39.9 Å². The first-order chi connectivity index (χ1) is 11.4. The van der Waals surface area contributed by atoms with Crippen LogP contribution < -0.4 is 0 Å². The van der Waals surface area contributed by atoms with Gasteiger partial charge < -0.3 is 9.64 Å². The van der Waals surface area contributed by atoms with E-state index in [1.165, 1.54) is 31.0 Å². The van der Waals surface area contributed by atoms with Crippen LogP contribution in [0.3, 0.4) is 0 Å². The topological polar surface area (TPSA) is 80.8 Å². The van der Waals surface area contributed by atoms with Gasteiger partial charge in [-0.15, -0.1) is 11.8 Å². The highest BCUT2D eigenvalue weighted by Crippen LogP contribution is 2.23. The van der Waals surface area contributed by atoms with Crippen LogP contribution in [0.1, 0.15) is 12.8 Å². The van der Waals surface area contributed by atoms with Gasteiger partial charge in [0.1, 0.15) is 0 Å². The van der Waals surface area contributed by atoms with Crippen LogP contribution in [0.4, 0.5) is 0 Å². The predicted octanol–water partition coefficient (Wildman–Crippen LogP) is 1.36. The number of likely N-dealkylation sites (tertiary alicyclic amines) is 1. The summed E-state index contributed by atoms with van der Waals surface area (Å²) in [5, 5.41) is 0.193. The van der Waals surface area contributed by atoms with E-state index in [1.54, 1.807) is 23.1 Å². The highest BCUT2D eigenvalue weighted by molar-refractivity contribution is 8.00. The second-order valence-corrected chi connectivity index (χ2v) is 8.92. The Kier molecular flexibility index (Phi) is 6.68. The number of carbonyl (C=O) groups excluding carboxylic acids is 2. The molecule has 24 heavy (non-hydrogen) atoms. The lowest BCUT2D eigenvalue weighted by Crippen LogP contribution is -2.30. The predicted molar refractivity (Wildman–Crippen MR) is 92.6 cm³/mol. The SMILES string of the molecule is COC(=O)CS[C@H]1CCN(C(=O)CCS(=O)(=O)c2ccccc2)C1. The number of thioether (sulfide) groups is 1. The van der Waals surface area contributed by atoms with Gasteiger partial charge in [0.15, 0.2) is 9.84 Å². The van der Waals surface area contributed by atoms with Crippen molar-refractivity contribution in [2.75, 3.05) is 31.7 Å². The lowest BCUT2D eigenvalue weighted by Gasteiger charge is -2.16. The Balaban J connectivity index is 1.80. The summed E-state index contributed by atoms with van der Waals surface area (Å²) in [6.45, 7) is 1.15. The smallest absolute Gasteiger partial charge is 0.315 e. The third kappa shape index (κ3) is 5.24. The van der Waals surface area contributed by atoms with Crippen molar-refractivity contribution >= 4 is 33.5 Å². The van der Waals surface area contributed by atoms with E-state index in [4.69, 9.17) is 0 Å². The summed E-state index contributed by atoms with van der Waals surface area (Å²) in [5.41, 5.74) is 0. The van der Waals surface area contributed by atoms with Crippen molar-refractivity contribution in [2.24, 2.45) is 0 Å². The minimum Gasteiger partial charge on any atom is -0.468 e. The molecule has 1 heterocycles. The summed E-state index contributed by atoms with van der Waals surface area (Å²) in [6, 6.07) is 8.15. The van der Waals surface area contributed by atoms with E-state index < -0.39 is 9.84 Å². The van der Waals surface area contributed by atoms with Crippen molar-refractivity contribution < 1.29 is 22.7 Å². The Morgan fingerprint density at radius 2 is 2.00 bits per heavy atom. The zero-order chi connectivity index (χ0) is 17.6. The Morgan fingerprint density at radius 3 is 2.67 bits per heavy atom. The maximum atomic E-state index is 12.2. The fraction of sp³-hybridized carbons (Fsp3) is 0.500. The number of rotatable bonds is 7. The van der Waals surface area contributed by atoms with Gasteiger partial charge in [0, 0.05) is 24.8 Å². The number of ether oxygens (including phenoxy) is 1. The Hall–Kier alpha value is -1.54. The zero-order valence-electron chi connectivity index (χ0n) is 13.5. The molecule has 1 aliphatic rings. The molecule has 0 saturated carbocycles. The first-order valence-electron chi connectivity index (χ1n) is 7.66. The molecule has 1 aromatic rings. The van der Waals surface area contributed by atoms with E-state index in [2.05, 4.69) is 4.74 Å². The average Bonchev–Trinajstić information content (AvgIpc) is 3.07. The first-order valence-corrected chi connectivity index (χ1v) is 10.4. The molecule has 132 valence electrons. The van der Waals surface area contributed by atoms with Crippen molar-refractivity contribution in [2.45, 2.75) is 23.0 Å². The number of hydrogen-bond donors (Lipinski definition) is 0. The molecule has 0 unspecified atom stereocenters. The maximum Gasteiger partial charge on any atom is 0.315 e. The number of amides is 1. The van der Waals surface area contributed by atoms with Gasteiger partial charge in [0.25, 0.3) is 0 Å². The van der Waals surface area contributed by atoms with Crippen LogP contribution in [0.5, 0.6) is 0 Å². The van der Waals surface area contributed by atoms with Crippen LogP contribution in [0.15, 0.2) is 35.2 Å². The lowest BCUT2D eigenvalue weighted by molar-refractivity contribution is -0.137. The van der Waals surface area contributed by atoms with Crippen molar-refractivity contribution in [3.8, 4) is 0 Å². The molecule has 1 fully saturated rings. The lowest BCUT2D eigenvalue weighted by atomic mass is 10.4.